The lowest BCUT2D eigenvalue weighted by Gasteiger charge is -2.05. The minimum absolute atomic E-state index is 0.0572. The van der Waals surface area contributed by atoms with Crippen molar-refractivity contribution in [3.8, 4) is 0 Å². The van der Waals surface area contributed by atoms with Gasteiger partial charge in [0.25, 0.3) is 5.91 Å². The van der Waals surface area contributed by atoms with Gasteiger partial charge in [0.15, 0.2) is 5.76 Å². The normalized spacial score (nSPS) is 10.8. The van der Waals surface area contributed by atoms with Crippen molar-refractivity contribution < 1.29 is 18.0 Å². The summed E-state index contributed by atoms with van der Waals surface area (Å²) in [7, 11) is 0. The smallest absolute Gasteiger partial charge is 0.291 e. The Bertz CT molecular complexity index is 823. The molecule has 1 aromatic heterocycles. The number of hydrogen-bond acceptors (Lipinski definition) is 3. The number of nitrogens with one attached hydrogen (secondary N) is 1. The number of furan rings is 1. The van der Waals surface area contributed by atoms with Crippen LogP contribution in [0.15, 0.2) is 46.9 Å². The van der Waals surface area contributed by atoms with E-state index in [1.165, 1.54) is 12.1 Å². The number of benzene rings is 2. The van der Waals surface area contributed by atoms with Gasteiger partial charge in [0.05, 0.1) is 0 Å². The first-order valence-corrected chi connectivity index (χ1v) is 6.09. The largest absolute Gasteiger partial charge is 0.451 e. The van der Waals surface area contributed by atoms with Crippen molar-refractivity contribution >= 4 is 28.3 Å². The first-order chi connectivity index (χ1) is 10.0. The number of nitrogens with two attached hydrogens (primary N) is 1. The predicted octanol–water partition coefficient (Wildman–Crippen LogP) is 3.55. The summed E-state index contributed by atoms with van der Waals surface area (Å²) >= 11 is 0. The summed E-state index contributed by atoms with van der Waals surface area (Å²) in [6.45, 7) is 0. The van der Waals surface area contributed by atoms with Crippen LogP contribution in [0.3, 0.4) is 0 Å². The highest BCUT2D eigenvalue weighted by Gasteiger charge is 2.16. The number of rotatable bonds is 2. The Labute approximate surface area is 118 Å². The molecular weight excluding hydrogens is 278 g/mol. The molecule has 3 rings (SSSR count). The Balaban J connectivity index is 1.94. The van der Waals surface area contributed by atoms with Crippen LogP contribution in [0.2, 0.25) is 0 Å². The highest BCUT2D eigenvalue weighted by atomic mass is 19.1. The zero-order chi connectivity index (χ0) is 15.0. The molecule has 0 aliphatic heterocycles. The molecule has 106 valence electrons. The van der Waals surface area contributed by atoms with Crippen molar-refractivity contribution in [3.05, 3.63) is 59.9 Å². The topological polar surface area (TPSA) is 68.3 Å². The third kappa shape index (κ3) is 2.43. The van der Waals surface area contributed by atoms with Crippen LogP contribution in [0.25, 0.3) is 11.0 Å². The number of halogens is 2. The molecule has 0 radical (unpaired) electrons. The minimum Gasteiger partial charge on any atom is -0.451 e. The van der Waals surface area contributed by atoms with Crippen LogP contribution in [0.4, 0.5) is 20.2 Å². The molecule has 6 heteroatoms. The molecule has 0 atom stereocenters. The average Bonchev–Trinajstić information content (AvgIpc) is 2.86. The second kappa shape index (κ2) is 4.90. The van der Waals surface area contributed by atoms with E-state index >= 15 is 0 Å². The van der Waals surface area contributed by atoms with Gasteiger partial charge in [-0.1, -0.05) is 6.07 Å². The standard InChI is InChI=1S/C15H10F2N2O2/c16-10-2-1-3-11(17)14(10)19-15(20)13-7-8-6-9(18)4-5-12(8)21-13/h1-7H,18H2,(H,19,20). The van der Waals surface area contributed by atoms with Crippen molar-refractivity contribution in [2.45, 2.75) is 0 Å². The highest BCUT2D eigenvalue weighted by Crippen LogP contribution is 2.24. The number of fused-ring (bicyclic) bond motifs is 1. The molecule has 21 heavy (non-hydrogen) atoms. The van der Waals surface area contributed by atoms with E-state index in [1.807, 2.05) is 0 Å². The third-order valence-electron chi connectivity index (χ3n) is 2.97. The molecule has 0 aliphatic rings. The van der Waals surface area contributed by atoms with E-state index in [4.69, 9.17) is 10.2 Å². The van der Waals surface area contributed by atoms with E-state index in [1.54, 1.807) is 18.2 Å². The van der Waals surface area contributed by atoms with Gasteiger partial charge in [-0.3, -0.25) is 4.79 Å². The number of carbonyl (C=O) groups excluding carboxylic acids is 1. The fourth-order valence-electron chi connectivity index (χ4n) is 1.97. The van der Waals surface area contributed by atoms with Crippen LogP contribution >= 0.6 is 0 Å². The van der Waals surface area contributed by atoms with Gasteiger partial charge >= 0.3 is 0 Å². The van der Waals surface area contributed by atoms with Crippen LogP contribution in [0, 0.1) is 11.6 Å². The summed E-state index contributed by atoms with van der Waals surface area (Å²) in [5.74, 6) is -2.51. The summed E-state index contributed by atoms with van der Waals surface area (Å²) in [5.41, 5.74) is 6.10. The van der Waals surface area contributed by atoms with E-state index in [0.29, 0.717) is 16.7 Å². The molecule has 1 heterocycles. The van der Waals surface area contributed by atoms with Gasteiger partial charge in [-0.25, -0.2) is 8.78 Å². The second-order valence-electron chi connectivity index (χ2n) is 4.46. The lowest BCUT2D eigenvalue weighted by Crippen LogP contribution is -2.13. The number of amides is 1. The lowest BCUT2D eigenvalue weighted by molar-refractivity contribution is 0.0997. The van der Waals surface area contributed by atoms with Crippen LogP contribution in [0.1, 0.15) is 10.6 Å². The third-order valence-corrected chi connectivity index (χ3v) is 2.97. The molecule has 0 fully saturated rings. The molecule has 3 N–H and O–H groups in total. The quantitative estimate of drug-likeness (QED) is 0.709. The molecule has 3 aromatic rings. The van der Waals surface area contributed by atoms with Gasteiger partial charge in [0.2, 0.25) is 0 Å². The summed E-state index contributed by atoms with van der Waals surface area (Å²) in [6.07, 6.45) is 0. The number of hydrogen-bond donors (Lipinski definition) is 2. The van der Waals surface area contributed by atoms with Crippen molar-refractivity contribution in [2.24, 2.45) is 0 Å². The monoisotopic (exact) mass is 288 g/mol. The number of para-hydroxylation sites is 1. The SMILES string of the molecule is Nc1ccc2oc(C(=O)Nc3c(F)cccc3F)cc2c1. The molecule has 0 aliphatic carbocycles. The van der Waals surface area contributed by atoms with E-state index < -0.39 is 23.2 Å². The van der Waals surface area contributed by atoms with Crippen LogP contribution in [-0.2, 0) is 0 Å². The molecule has 1 amide bonds. The fourth-order valence-corrected chi connectivity index (χ4v) is 1.97. The van der Waals surface area contributed by atoms with Gasteiger partial charge in [-0.15, -0.1) is 0 Å². The van der Waals surface area contributed by atoms with E-state index in [0.717, 1.165) is 12.1 Å². The zero-order valence-corrected chi connectivity index (χ0v) is 10.7. The summed E-state index contributed by atoms with van der Waals surface area (Å²) < 4.78 is 32.3. The molecule has 0 bridgehead atoms. The Hall–Kier alpha value is -2.89. The van der Waals surface area contributed by atoms with Gasteiger partial charge in [0, 0.05) is 11.1 Å². The van der Waals surface area contributed by atoms with E-state index in [-0.39, 0.29) is 5.76 Å². The summed E-state index contributed by atoms with van der Waals surface area (Å²) in [5, 5.41) is 2.79. The van der Waals surface area contributed by atoms with Crippen molar-refractivity contribution in [2.75, 3.05) is 11.1 Å². The number of anilines is 2. The molecule has 0 saturated heterocycles. The van der Waals surface area contributed by atoms with Crippen molar-refractivity contribution in [1.82, 2.24) is 0 Å². The lowest BCUT2D eigenvalue weighted by atomic mass is 10.2. The minimum atomic E-state index is -0.858. The van der Waals surface area contributed by atoms with Gasteiger partial charge in [0.1, 0.15) is 22.9 Å². The van der Waals surface area contributed by atoms with Crippen LogP contribution < -0.4 is 11.1 Å². The first-order valence-electron chi connectivity index (χ1n) is 6.09. The van der Waals surface area contributed by atoms with Crippen LogP contribution in [0.5, 0.6) is 0 Å². The van der Waals surface area contributed by atoms with Gasteiger partial charge < -0.3 is 15.5 Å². The van der Waals surface area contributed by atoms with Gasteiger partial charge in [-0.2, -0.15) is 0 Å². The van der Waals surface area contributed by atoms with Gasteiger partial charge in [-0.05, 0) is 36.4 Å². The molecule has 4 nitrogen and oxygen atoms in total. The summed E-state index contributed by atoms with van der Waals surface area (Å²) in [4.78, 5) is 12.0. The maximum absolute atomic E-state index is 13.5. The van der Waals surface area contributed by atoms with Crippen molar-refractivity contribution in [1.29, 1.82) is 0 Å². The Morgan fingerprint density at radius 1 is 1.10 bits per heavy atom. The maximum atomic E-state index is 13.5. The predicted molar refractivity (Wildman–Crippen MR) is 74.9 cm³/mol. The molecule has 0 spiro atoms. The van der Waals surface area contributed by atoms with Crippen LogP contribution in [-0.4, -0.2) is 5.91 Å². The molecule has 2 aromatic carbocycles. The number of carbonyl (C=O) groups is 1. The van der Waals surface area contributed by atoms with Crippen molar-refractivity contribution in [3.63, 3.8) is 0 Å². The summed E-state index contributed by atoms with van der Waals surface area (Å²) in [6, 6.07) is 9.66. The van der Waals surface area contributed by atoms with E-state index in [9.17, 15) is 13.6 Å². The zero-order valence-electron chi connectivity index (χ0n) is 10.7. The Morgan fingerprint density at radius 3 is 2.52 bits per heavy atom. The Morgan fingerprint density at radius 2 is 1.81 bits per heavy atom. The maximum Gasteiger partial charge on any atom is 0.291 e. The first kappa shape index (κ1) is 13.1. The highest BCUT2D eigenvalue weighted by molar-refractivity contribution is 6.04. The molecule has 0 saturated carbocycles. The fraction of sp³-hybridized carbons (Fsp3) is 0. The number of nitrogen functional groups attached to an aromatic ring is 1. The average molecular weight is 288 g/mol. The van der Waals surface area contributed by atoms with E-state index in [2.05, 4.69) is 5.32 Å². The molecule has 0 unspecified atom stereocenters. The molecular formula is C15H10F2N2O2. The Kier molecular flexibility index (Phi) is 3.06. The second-order valence-corrected chi connectivity index (χ2v) is 4.46.